The Balaban J connectivity index is 1.65. The van der Waals surface area contributed by atoms with Crippen molar-refractivity contribution in [2.45, 2.75) is 19.4 Å². The number of phenolic OH excluding ortho intramolecular Hbond substituents is 1. The molecule has 0 fully saturated rings. The van der Waals surface area contributed by atoms with E-state index in [-0.39, 0.29) is 29.1 Å². The molecule has 2 heterocycles. The number of amides is 1. The lowest BCUT2D eigenvalue weighted by molar-refractivity contribution is -0.121. The van der Waals surface area contributed by atoms with Crippen LogP contribution in [0.25, 0.3) is 4.96 Å². The summed E-state index contributed by atoms with van der Waals surface area (Å²) in [5.74, 6) is -0.108. The maximum absolute atomic E-state index is 12.1. The van der Waals surface area contributed by atoms with E-state index in [0.29, 0.717) is 0 Å². The molecule has 5 nitrogen and oxygen atoms in total. The molecule has 0 aliphatic heterocycles. The summed E-state index contributed by atoms with van der Waals surface area (Å²) in [6.07, 6.45) is 4.05. The van der Waals surface area contributed by atoms with Crippen LogP contribution >= 0.6 is 22.9 Å². The number of thiazole rings is 1. The number of nitrogens with zero attached hydrogens (tertiary/aromatic N) is 2. The lowest BCUT2D eigenvalue weighted by Gasteiger charge is -2.11. The van der Waals surface area contributed by atoms with Gasteiger partial charge in [-0.2, -0.15) is 0 Å². The standard InChI is InChI=1S/C15H14ClN3O2S/c1-9(12-8-19-4-5-22-15(19)18-12)17-14(21)7-10-2-3-13(20)11(16)6-10/h2-6,8-9,20H,7H2,1H3,(H,17,21). The molecule has 22 heavy (non-hydrogen) atoms. The first kappa shape index (κ1) is 14.9. The molecule has 0 bridgehead atoms. The van der Waals surface area contributed by atoms with Crippen molar-refractivity contribution < 1.29 is 9.90 Å². The van der Waals surface area contributed by atoms with Crippen LogP contribution in [0, 0.1) is 0 Å². The molecule has 3 rings (SSSR count). The molecule has 7 heteroatoms. The van der Waals surface area contributed by atoms with Crippen molar-refractivity contribution >= 4 is 33.8 Å². The van der Waals surface area contributed by atoms with Crippen molar-refractivity contribution in [3.63, 3.8) is 0 Å². The summed E-state index contributed by atoms with van der Waals surface area (Å²) in [5, 5.41) is 14.5. The second kappa shape index (κ2) is 5.98. The van der Waals surface area contributed by atoms with Crippen LogP contribution in [-0.2, 0) is 11.2 Å². The van der Waals surface area contributed by atoms with Gasteiger partial charge in [0.2, 0.25) is 5.91 Å². The van der Waals surface area contributed by atoms with Crippen LogP contribution in [-0.4, -0.2) is 20.4 Å². The molecule has 0 aliphatic carbocycles. The average Bonchev–Trinajstić information content (AvgIpc) is 3.03. The minimum atomic E-state index is -0.174. The lowest BCUT2D eigenvalue weighted by atomic mass is 10.1. The Morgan fingerprint density at radius 2 is 2.36 bits per heavy atom. The first-order chi connectivity index (χ1) is 10.5. The number of carbonyl (C=O) groups is 1. The number of benzene rings is 1. The van der Waals surface area contributed by atoms with Gasteiger partial charge in [-0.3, -0.25) is 9.20 Å². The molecule has 0 saturated carbocycles. The van der Waals surface area contributed by atoms with Gasteiger partial charge in [0.15, 0.2) is 4.96 Å². The van der Waals surface area contributed by atoms with Crippen molar-refractivity contribution in [2.24, 2.45) is 0 Å². The topological polar surface area (TPSA) is 66.6 Å². The molecule has 2 N–H and O–H groups in total. The van der Waals surface area contributed by atoms with Gasteiger partial charge in [0.25, 0.3) is 0 Å². The van der Waals surface area contributed by atoms with Crippen LogP contribution in [0.2, 0.25) is 5.02 Å². The van der Waals surface area contributed by atoms with E-state index in [4.69, 9.17) is 11.6 Å². The molecule has 0 saturated heterocycles. The van der Waals surface area contributed by atoms with Crippen molar-refractivity contribution in [2.75, 3.05) is 0 Å². The van der Waals surface area contributed by atoms with Gasteiger partial charge < -0.3 is 10.4 Å². The largest absolute Gasteiger partial charge is 0.506 e. The van der Waals surface area contributed by atoms with E-state index in [1.54, 1.807) is 23.5 Å². The average molecular weight is 336 g/mol. The van der Waals surface area contributed by atoms with E-state index in [2.05, 4.69) is 10.3 Å². The van der Waals surface area contributed by atoms with E-state index in [1.807, 2.05) is 29.1 Å². The zero-order valence-corrected chi connectivity index (χ0v) is 13.4. The van der Waals surface area contributed by atoms with Crippen LogP contribution in [0.1, 0.15) is 24.2 Å². The highest BCUT2D eigenvalue weighted by Crippen LogP contribution is 2.24. The fraction of sp³-hybridized carbons (Fsp3) is 0.200. The van der Waals surface area contributed by atoms with E-state index in [1.165, 1.54) is 6.07 Å². The Hall–Kier alpha value is -2.05. The third-order valence-corrected chi connectivity index (χ3v) is 4.38. The van der Waals surface area contributed by atoms with Gasteiger partial charge in [0.05, 0.1) is 23.2 Å². The summed E-state index contributed by atoms with van der Waals surface area (Å²) < 4.78 is 1.93. The predicted molar refractivity (Wildman–Crippen MR) is 86.4 cm³/mol. The lowest BCUT2D eigenvalue weighted by Crippen LogP contribution is -2.28. The number of imidazole rings is 1. The number of fused-ring (bicyclic) bond motifs is 1. The quantitative estimate of drug-likeness (QED) is 0.769. The maximum Gasteiger partial charge on any atom is 0.224 e. The van der Waals surface area contributed by atoms with Crippen LogP contribution < -0.4 is 5.32 Å². The number of halogens is 1. The van der Waals surface area contributed by atoms with Gasteiger partial charge in [-0.1, -0.05) is 17.7 Å². The number of aromatic hydroxyl groups is 1. The van der Waals surface area contributed by atoms with Crippen LogP contribution in [0.15, 0.2) is 36.0 Å². The summed E-state index contributed by atoms with van der Waals surface area (Å²) in [4.78, 5) is 17.5. The molecule has 1 atom stereocenters. The summed E-state index contributed by atoms with van der Waals surface area (Å²) in [7, 11) is 0. The Kier molecular flexibility index (Phi) is 4.04. The fourth-order valence-electron chi connectivity index (χ4n) is 2.17. The van der Waals surface area contributed by atoms with Crippen molar-refractivity contribution in [1.29, 1.82) is 0 Å². The second-order valence-corrected chi connectivity index (χ2v) is 6.29. The Bertz CT molecular complexity index is 799. The molecule has 0 radical (unpaired) electrons. The molecular formula is C15H14ClN3O2S. The third kappa shape index (κ3) is 3.08. The Morgan fingerprint density at radius 1 is 1.55 bits per heavy atom. The van der Waals surface area contributed by atoms with Gasteiger partial charge in [-0.15, -0.1) is 11.3 Å². The molecule has 3 aromatic rings. The van der Waals surface area contributed by atoms with Gasteiger partial charge in [0.1, 0.15) is 5.75 Å². The monoisotopic (exact) mass is 335 g/mol. The van der Waals surface area contributed by atoms with Crippen LogP contribution in [0.4, 0.5) is 0 Å². The van der Waals surface area contributed by atoms with Gasteiger partial charge >= 0.3 is 0 Å². The van der Waals surface area contributed by atoms with E-state index in [0.717, 1.165) is 16.2 Å². The third-order valence-electron chi connectivity index (χ3n) is 3.31. The summed E-state index contributed by atoms with van der Waals surface area (Å²) in [5.41, 5.74) is 1.57. The summed E-state index contributed by atoms with van der Waals surface area (Å²) in [6, 6.07) is 4.58. The normalized spacial score (nSPS) is 12.5. The SMILES string of the molecule is CC(NC(=O)Cc1ccc(O)c(Cl)c1)c1cn2ccsc2n1. The summed E-state index contributed by atoms with van der Waals surface area (Å²) in [6.45, 7) is 1.90. The van der Waals surface area contributed by atoms with Crippen LogP contribution in [0.5, 0.6) is 5.75 Å². The molecule has 1 amide bonds. The van der Waals surface area contributed by atoms with Crippen molar-refractivity contribution in [3.8, 4) is 5.75 Å². The highest BCUT2D eigenvalue weighted by molar-refractivity contribution is 7.15. The van der Waals surface area contributed by atoms with Crippen molar-refractivity contribution in [3.05, 3.63) is 52.3 Å². The van der Waals surface area contributed by atoms with E-state index >= 15 is 0 Å². The molecule has 0 spiro atoms. The van der Waals surface area contributed by atoms with Gasteiger partial charge in [0, 0.05) is 17.8 Å². The molecule has 1 aromatic carbocycles. The zero-order valence-electron chi connectivity index (χ0n) is 11.8. The number of nitrogens with one attached hydrogen (secondary N) is 1. The summed E-state index contributed by atoms with van der Waals surface area (Å²) >= 11 is 7.39. The number of carbonyl (C=O) groups excluding carboxylic acids is 1. The molecular weight excluding hydrogens is 322 g/mol. The molecule has 1 unspecified atom stereocenters. The molecule has 114 valence electrons. The first-order valence-electron chi connectivity index (χ1n) is 6.72. The van der Waals surface area contributed by atoms with Crippen LogP contribution in [0.3, 0.4) is 0 Å². The first-order valence-corrected chi connectivity index (χ1v) is 7.97. The molecule has 0 aliphatic rings. The fourth-order valence-corrected chi connectivity index (χ4v) is 3.08. The van der Waals surface area contributed by atoms with E-state index in [9.17, 15) is 9.90 Å². The number of hydrogen-bond donors (Lipinski definition) is 2. The smallest absolute Gasteiger partial charge is 0.224 e. The zero-order chi connectivity index (χ0) is 15.7. The predicted octanol–water partition coefficient (Wildman–Crippen LogP) is 3.17. The van der Waals surface area contributed by atoms with Gasteiger partial charge in [-0.05, 0) is 24.6 Å². The number of rotatable bonds is 4. The van der Waals surface area contributed by atoms with E-state index < -0.39 is 0 Å². The maximum atomic E-state index is 12.1. The second-order valence-electron chi connectivity index (χ2n) is 5.01. The Labute approximate surface area is 136 Å². The molecule has 2 aromatic heterocycles. The van der Waals surface area contributed by atoms with Gasteiger partial charge in [-0.25, -0.2) is 4.98 Å². The number of phenols is 1. The highest BCUT2D eigenvalue weighted by atomic mass is 35.5. The Morgan fingerprint density at radius 3 is 3.09 bits per heavy atom. The highest BCUT2D eigenvalue weighted by Gasteiger charge is 2.14. The number of hydrogen-bond acceptors (Lipinski definition) is 4. The van der Waals surface area contributed by atoms with Crippen molar-refractivity contribution in [1.82, 2.24) is 14.7 Å². The number of aromatic nitrogens is 2. The minimum absolute atomic E-state index is 0.0114. The minimum Gasteiger partial charge on any atom is -0.506 e.